The number of nitrogens with zero attached hydrogens (tertiary/aromatic N) is 6. The molecule has 16 heteroatoms. The Morgan fingerprint density at radius 3 is 0.727 bits per heavy atom. The Balaban J connectivity index is 0.000000326. The summed E-state index contributed by atoms with van der Waals surface area (Å²) in [5.74, 6) is 0.250. The number of nitrogen functional groups attached to an aromatic ring is 6. The predicted octanol–water partition coefficient (Wildman–Crippen LogP) is -4.38. The third kappa shape index (κ3) is 9.92. The van der Waals surface area contributed by atoms with Gasteiger partial charge in [-0.3, -0.25) is 0 Å². The molecule has 0 bridgehead atoms. The number of nitrogens with two attached hydrogens (primary N) is 6. The van der Waals surface area contributed by atoms with E-state index >= 15 is 0 Å². The van der Waals surface area contributed by atoms with Gasteiger partial charge < -0.3 is 34.4 Å². The summed E-state index contributed by atoms with van der Waals surface area (Å²) in [4.78, 5) is 20.9. The Kier molecular flexibility index (Phi) is 7.87. The van der Waals surface area contributed by atoms with Gasteiger partial charge in [-0.25, -0.2) is 0 Å². The first-order valence-corrected chi connectivity index (χ1v) is 7.18. The van der Waals surface area contributed by atoms with Gasteiger partial charge in [0.2, 0.25) is 35.7 Å². The van der Waals surface area contributed by atoms with E-state index in [1.54, 1.807) is 0 Å². The molecule has 14 N–H and O–H groups in total. The first kappa shape index (κ1) is 19.1. The molecule has 0 saturated heterocycles. The van der Waals surface area contributed by atoms with Crippen LogP contribution in [0.4, 0.5) is 35.7 Å². The van der Waals surface area contributed by atoms with Gasteiger partial charge in [-0.05, 0) is 0 Å². The van der Waals surface area contributed by atoms with Gasteiger partial charge >= 0.3 is 26.7 Å². The maximum atomic E-state index is 8.76. The van der Waals surface area contributed by atoms with Crippen LogP contribution in [0.15, 0.2) is 0 Å². The summed E-state index contributed by atoms with van der Waals surface area (Å²) in [6.45, 7) is 0. The SMILES string of the molecule is Nc1nc(N)nc(N)n1.Nc1nc(N)nc(N)n1.O=[Se](O)O. The summed E-state index contributed by atoms with van der Waals surface area (Å²) >= 11 is -3.29. The van der Waals surface area contributed by atoms with Crippen molar-refractivity contribution in [2.45, 2.75) is 0 Å². The Morgan fingerprint density at radius 2 is 0.636 bits per heavy atom. The molecule has 0 unspecified atom stereocenters. The Morgan fingerprint density at radius 1 is 0.545 bits per heavy atom. The van der Waals surface area contributed by atoms with Gasteiger partial charge in [0.05, 0.1) is 0 Å². The molecule has 15 nitrogen and oxygen atoms in total. The fraction of sp³-hybridized carbons (Fsp3) is 0. The normalized spacial score (nSPS) is 9.23. The summed E-state index contributed by atoms with van der Waals surface area (Å²) in [5.41, 5.74) is 30.8. The molecule has 22 heavy (non-hydrogen) atoms. The number of anilines is 6. The van der Waals surface area contributed by atoms with Crippen LogP contribution in [-0.2, 0) is 3.83 Å². The van der Waals surface area contributed by atoms with Crippen molar-refractivity contribution in [3.05, 3.63) is 0 Å². The summed E-state index contributed by atoms with van der Waals surface area (Å²) in [6, 6.07) is 0. The molecule has 2 heterocycles. The molecule has 2 rings (SSSR count). The minimum absolute atomic E-state index is 0.0417. The van der Waals surface area contributed by atoms with E-state index in [4.69, 9.17) is 46.6 Å². The van der Waals surface area contributed by atoms with Gasteiger partial charge in [0, 0.05) is 0 Å². The van der Waals surface area contributed by atoms with E-state index < -0.39 is 14.5 Å². The zero-order chi connectivity index (χ0) is 17.3. The van der Waals surface area contributed by atoms with Crippen molar-refractivity contribution < 1.29 is 12.2 Å². The molecular weight excluding hydrogens is 367 g/mol. The van der Waals surface area contributed by atoms with Gasteiger partial charge in [-0.2, -0.15) is 29.9 Å². The molecule has 0 fully saturated rings. The van der Waals surface area contributed by atoms with Crippen molar-refractivity contribution in [3.63, 3.8) is 0 Å². The molecule has 2 aromatic heterocycles. The predicted molar refractivity (Wildman–Crippen MR) is 77.0 cm³/mol. The van der Waals surface area contributed by atoms with Gasteiger partial charge in [-0.15, -0.1) is 0 Å². The summed E-state index contributed by atoms with van der Waals surface area (Å²) in [6.07, 6.45) is 0. The number of hydrogen-bond donors (Lipinski definition) is 8. The van der Waals surface area contributed by atoms with Crippen LogP contribution in [0.3, 0.4) is 0 Å². The molecule has 0 aliphatic carbocycles. The molecule has 0 aliphatic rings. The zero-order valence-electron chi connectivity index (χ0n) is 10.9. The third-order valence-corrected chi connectivity index (χ3v) is 1.37. The van der Waals surface area contributed by atoms with E-state index in [9.17, 15) is 0 Å². The second kappa shape index (κ2) is 9.08. The van der Waals surface area contributed by atoms with Gasteiger partial charge in [-0.1, -0.05) is 0 Å². The molecule has 0 atom stereocenters. The standard InChI is InChI=1S/2C3H6N6.H2O3Se/c2*4-1-7-2(5)9-3(6)8-1;1-4(2)3/h2*(H6,4,5,6,7,8,9);(H2,1,2,3). The van der Waals surface area contributed by atoms with Crippen molar-refractivity contribution in [3.8, 4) is 0 Å². The van der Waals surface area contributed by atoms with Crippen LogP contribution in [0.2, 0.25) is 0 Å². The van der Waals surface area contributed by atoms with E-state index in [1.165, 1.54) is 0 Å². The molecule has 0 amide bonds. The van der Waals surface area contributed by atoms with Gasteiger partial charge in [0.1, 0.15) is 0 Å². The van der Waals surface area contributed by atoms with E-state index in [1.807, 2.05) is 0 Å². The summed E-state index contributed by atoms with van der Waals surface area (Å²) in [7, 11) is 0. The van der Waals surface area contributed by atoms with Crippen molar-refractivity contribution in [1.82, 2.24) is 29.9 Å². The Bertz CT molecular complexity index is 484. The molecule has 122 valence electrons. The van der Waals surface area contributed by atoms with E-state index in [-0.39, 0.29) is 35.7 Å². The van der Waals surface area contributed by atoms with Crippen LogP contribution in [0.5, 0.6) is 0 Å². The van der Waals surface area contributed by atoms with Gasteiger partial charge in [0.25, 0.3) is 0 Å². The minimum atomic E-state index is -3.29. The average molecular weight is 381 g/mol. The zero-order valence-corrected chi connectivity index (χ0v) is 12.6. The molecule has 0 radical (unpaired) electrons. The third-order valence-electron chi connectivity index (χ3n) is 1.37. The van der Waals surface area contributed by atoms with Crippen LogP contribution in [0.25, 0.3) is 0 Å². The topological polar surface area (TPSA) is 291 Å². The molecule has 0 aromatic carbocycles. The van der Waals surface area contributed by atoms with Crippen LogP contribution in [0, 0.1) is 0 Å². The molecular formula is C6H14N12O3Se. The fourth-order valence-electron chi connectivity index (χ4n) is 0.854. The number of rotatable bonds is 0. The summed E-state index contributed by atoms with van der Waals surface area (Å²) in [5, 5.41) is 0. The average Bonchev–Trinajstić information content (AvgIpc) is 2.23. The molecule has 0 saturated carbocycles. The molecule has 2 aromatic rings. The van der Waals surface area contributed by atoms with Gasteiger partial charge in [0.15, 0.2) is 0 Å². The maximum absolute atomic E-state index is 8.76. The Hall–Kier alpha value is -2.94. The Labute approximate surface area is 127 Å². The monoisotopic (exact) mass is 382 g/mol. The van der Waals surface area contributed by atoms with Crippen molar-refractivity contribution in [1.29, 1.82) is 0 Å². The van der Waals surface area contributed by atoms with Crippen LogP contribution in [0.1, 0.15) is 0 Å². The fourth-order valence-corrected chi connectivity index (χ4v) is 0.854. The van der Waals surface area contributed by atoms with Crippen molar-refractivity contribution in [2.75, 3.05) is 34.4 Å². The first-order valence-electron chi connectivity index (χ1n) is 4.95. The number of hydrogen-bond acceptors (Lipinski definition) is 13. The number of aromatic nitrogens is 6. The van der Waals surface area contributed by atoms with Crippen LogP contribution in [-0.4, -0.2) is 52.8 Å². The second-order valence-corrected chi connectivity index (χ2v) is 4.02. The van der Waals surface area contributed by atoms with Crippen molar-refractivity contribution in [2.24, 2.45) is 0 Å². The quantitative estimate of drug-likeness (QED) is 0.200. The molecule has 0 aliphatic heterocycles. The van der Waals surface area contributed by atoms with Crippen molar-refractivity contribution >= 4 is 50.2 Å². The first-order chi connectivity index (χ1) is 10.1. The van der Waals surface area contributed by atoms with E-state index in [2.05, 4.69) is 29.9 Å². The summed E-state index contributed by atoms with van der Waals surface area (Å²) < 4.78 is 23.1. The van der Waals surface area contributed by atoms with Crippen LogP contribution >= 0.6 is 0 Å². The van der Waals surface area contributed by atoms with E-state index in [0.29, 0.717) is 0 Å². The molecule has 0 spiro atoms. The van der Waals surface area contributed by atoms with E-state index in [0.717, 1.165) is 0 Å². The second-order valence-electron chi connectivity index (χ2n) is 3.05. The van der Waals surface area contributed by atoms with Crippen LogP contribution < -0.4 is 34.4 Å².